The molecule has 3 nitrogen and oxygen atoms in total. The summed E-state index contributed by atoms with van der Waals surface area (Å²) in [4.78, 5) is 4.20. The monoisotopic (exact) mass is 248 g/mol. The molecule has 2 rings (SSSR count). The van der Waals surface area contributed by atoms with Gasteiger partial charge in [-0.15, -0.1) is 11.3 Å². The fraction of sp³-hybridized carbons (Fsp3) is 0.308. The first-order valence-electron chi connectivity index (χ1n) is 5.55. The van der Waals surface area contributed by atoms with E-state index in [1.165, 1.54) is 11.1 Å². The first kappa shape index (κ1) is 12.1. The topological polar surface area (TPSA) is 34.1 Å². The summed E-state index contributed by atoms with van der Waals surface area (Å²) in [5.41, 5.74) is 2.43. The van der Waals surface area contributed by atoms with Crippen LogP contribution in [0, 0.1) is 6.92 Å². The highest BCUT2D eigenvalue weighted by Gasteiger charge is 2.04. The van der Waals surface area contributed by atoms with Crippen molar-refractivity contribution >= 4 is 11.3 Å². The van der Waals surface area contributed by atoms with E-state index < -0.39 is 0 Å². The molecular formula is C13H16N2OS. The van der Waals surface area contributed by atoms with Gasteiger partial charge in [-0.2, -0.15) is 0 Å². The van der Waals surface area contributed by atoms with Crippen LogP contribution in [0.1, 0.15) is 16.1 Å². The summed E-state index contributed by atoms with van der Waals surface area (Å²) >= 11 is 1.61. The Morgan fingerprint density at radius 2 is 2.29 bits per heavy atom. The van der Waals surface area contributed by atoms with Crippen molar-refractivity contribution in [3.63, 3.8) is 0 Å². The zero-order valence-corrected chi connectivity index (χ0v) is 10.9. The smallest absolute Gasteiger partial charge is 0.140 e. The Kier molecular flexibility index (Phi) is 4.12. The van der Waals surface area contributed by atoms with Gasteiger partial charge in [-0.25, -0.2) is 4.98 Å². The van der Waals surface area contributed by atoms with E-state index in [-0.39, 0.29) is 0 Å². The number of aryl methyl sites for hydroxylation is 1. The maximum Gasteiger partial charge on any atom is 0.140 e. The Morgan fingerprint density at radius 1 is 1.41 bits per heavy atom. The van der Waals surface area contributed by atoms with Gasteiger partial charge in [0.1, 0.15) is 17.4 Å². The van der Waals surface area contributed by atoms with Gasteiger partial charge >= 0.3 is 0 Å². The Hall–Kier alpha value is -1.39. The summed E-state index contributed by atoms with van der Waals surface area (Å²) in [6, 6.07) is 6.24. The maximum atomic E-state index is 5.80. The van der Waals surface area contributed by atoms with Gasteiger partial charge in [0, 0.05) is 23.7 Å². The summed E-state index contributed by atoms with van der Waals surface area (Å²) in [6.45, 7) is 3.44. The van der Waals surface area contributed by atoms with E-state index in [0.29, 0.717) is 6.61 Å². The summed E-state index contributed by atoms with van der Waals surface area (Å²) in [6.07, 6.45) is 1.80. The fourth-order valence-corrected chi connectivity index (χ4v) is 2.17. The number of thiazole rings is 1. The molecule has 0 aliphatic heterocycles. The van der Waals surface area contributed by atoms with Crippen molar-refractivity contribution in [2.24, 2.45) is 0 Å². The Labute approximate surface area is 105 Å². The van der Waals surface area contributed by atoms with Crippen LogP contribution in [0.5, 0.6) is 5.75 Å². The third-order valence-electron chi connectivity index (χ3n) is 2.42. The predicted molar refractivity (Wildman–Crippen MR) is 70.4 cm³/mol. The van der Waals surface area contributed by atoms with Gasteiger partial charge in [-0.1, -0.05) is 17.7 Å². The zero-order chi connectivity index (χ0) is 12.1. The molecule has 1 N–H and O–H groups in total. The van der Waals surface area contributed by atoms with E-state index in [1.807, 2.05) is 18.5 Å². The van der Waals surface area contributed by atoms with Crippen LogP contribution in [0.3, 0.4) is 0 Å². The minimum atomic E-state index is 0.539. The molecule has 1 aromatic heterocycles. The van der Waals surface area contributed by atoms with Gasteiger partial charge in [-0.05, 0) is 20.0 Å². The zero-order valence-electron chi connectivity index (χ0n) is 10.1. The first-order valence-corrected chi connectivity index (χ1v) is 6.43. The van der Waals surface area contributed by atoms with Crippen molar-refractivity contribution in [2.45, 2.75) is 20.1 Å². The SMILES string of the molecule is CNCc1cc(C)ccc1OCc1nccs1. The molecule has 0 saturated carbocycles. The predicted octanol–water partition coefficient (Wildman–Crippen LogP) is 2.75. The van der Waals surface area contributed by atoms with Gasteiger partial charge in [0.25, 0.3) is 0 Å². The van der Waals surface area contributed by atoms with Crippen molar-refractivity contribution < 1.29 is 4.74 Å². The van der Waals surface area contributed by atoms with Crippen LogP contribution in [0.15, 0.2) is 29.8 Å². The van der Waals surface area contributed by atoms with Gasteiger partial charge in [0.2, 0.25) is 0 Å². The molecule has 0 aliphatic carbocycles. The van der Waals surface area contributed by atoms with Gasteiger partial charge in [0.15, 0.2) is 0 Å². The molecule has 0 fully saturated rings. The molecule has 0 amide bonds. The van der Waals surface area contributed by atoms with Crippen LogP contribution in [0.25, 0.3) is 0 Å². The average Bonchev–Trinajstić information content (AvgIpc) is 2.81. The van der Waals surface area contributed by atoms with Crippen molar-refractivity contribution in [1.82, 2.24) is 10.3 Å². The largest absolute Gasteiger partial charge is 0.486 e. The number of rotatable bonds is 5. The minimum absolute atomic E-state index is 0.539. The Balaban J connectivity index is 2.08. The highest BCUT2D eigenvalue weighted by Crippen LogP contribution is 2.21. The molecule has 90 valence electrons. The molecule has 0 spiro atoms. The highest BCUT2D eigenvalue weighted by atomic mass is 32.1. The van der Waals surface area contributed by atoms with E-state index in [4.69, 9.17) is 4.74 Å². The first-order chi connectivity index (χ1) is 8.29. The van der Waals surface area contributed by atoms with E-state index in [0.717, 1.165) is 17.3 Å². The van der Waals surface area contributed by atoms with Crippen LogP contribution < -0.4 is 10.1 Å². The van der Waals surface area contributed by atoms with Gasteiger partial charge in [0.05, 0.1) is 0 Å². The van der Waals surface area contributed by atoms with E-state index >= 15 is 0 Å². The number of aromatic nitrogens is 1. The van der Waals surface area contributed by atoms with Gasteiger partial charge in [-0.3, -0.25) is 0 Å². The highest BCUT2D eigenvalue weighted by molar-refractivity contribution is 7.09. The number of hydrogen-bond acceptors (Lipinski definition) is 4. The van der Waals surface area contributed by atoms with Crippen molar-refractivity contribution in [2.75, 3.05) is 7.05 Å². The lowest BCUT2D eigenvalue weighted by molar-refractivity contribution is 0.301. The molecule has 1 heterocycles. The maximum absolute atomic E-state index is 5.80. The second-order valence-electron chi connectivity index (χ2n) is 3.86. The van der Waals surface area contributed by atoms with E-state index in [1.54, 1.807) is 17.5 Å². The second kappa shape index (κ2) is 5.80. The van der Waals surface area contributed by atoms with Gasteiger partial charge < -0.3 is 10.1 Å². The summed E-state index contributed by atoms with van der Waals surface area (Å²) in [5.74, 6) is 0.931. The van der Waals surface area contributed by atoms with E-state index in [2.05, 4.69) is 29.4 Å². The standard InChI is InChI=1S/C13H16N2OS/c1-10-3-4-12(11(7-10)8-14-2)16-9-13-15-5-6-17-13/h3-7,14H,8-9H2,1-2H3. The lowest BCUT2D eigenvalue weighted by Crippen LogP contribution is -2.07. The number of nitrogens with one attached hydrogen (secondary N) is 1. The molecule has 0 saturated heterocycles. The summed E-state index contributed by atoms with van der Waals surface area (Å²) < 4.78 is 5.80. The van der Waals surface area contributed by atoms with E-state index in [9.17, 15) is 0 Å². The quantitative estimate of drug-likeness (QED) is 0.883. The van der Waals surface area contributed by atoms with Crippen LogP contribution >= 0.6 is 11.3 Å². The molecule has 0 bridgehead atoms. The summed E-state index contributed by atoms with van der Waals surface area (Å²) in [7, 11) is 1.94. The molecule has 0 atom stereocenters. The normalized spacial score (nSPS) is 10.5. The second-order valence-corrected chi connectivity index (χ2v) is 4.84. The Morgan fingerprint density at radius 3 is 3.00 bits per heavy atom. The lowest BCUT2D eigenvalue weighted by Gasteiger charge is -2.11. The van der Waals surface area contributed by atoms with Crippen molar-refractivity contribution in [1.29, 1.82) is 0 Å². The van der Waals surface area contributed by atoms with Crippen LogP contribution in [0.2, 0.25) is 0 Å². The number of nitrogens with zero attached hydrogens (tertiary/aromatic N) is 1. The molecule has 4 heteroatoms. The number of ether oxygens (including phenoxy) is 1. The number of hydrogen-bond donors (Lipinski definition) is 1. The minimum Gasteiger partial charge on any atom is -0.486 e. The third kappa shape index (κ3) is 3.28. The fourth-order valence-electron chi connectivity index (χ4n) is 1.64. The number of benzene rings is 1. The average molecular weight is 248 g/mol. The molecule has 0 aliphatic rings. The van der Waals surface area contributed by atoms with Crippen LogP contribution in [-0.2, 0) is 13.2 Å². The summed E-state index contributed by atoms with van der Waals surface area (Å²) in [5, 5.41) is 6.11. The van der Waals surface area contributed by atoms with Crippen molar-refractivity contribution in [3.05, 3.63) is 45.9 Å². The third-order valence-corrected chi connectivity index (χ3v) is 3.17. The molecular weight excluding hydrogens is 232 g/mol. The Bertz CT molecular complexity index is 468. The van der Waals surface area contributed by atoms with Crippen molar-refractivity contribution in [3.8, 4) is 5.75 Å². The molecule has 17 heavy (non-hydrogen) atoms. The molecule has 1 aromatic carbocycles. The lowest BCUT2D eigenvalue weighted by atomic mass is 10.1. The molecule has 0 unspecified atom stereocenters. The van der Waals surface area contributed by atoms with Crippen LogP contribution in [-0.4, -0.2) is 12.0 Å². The molecule has 2 aromatic rings. The molecule has 0 radical (unpaired) electrons. The van der Waals surface area contributed by atoms with Crippen LogP contribution in [0.4, 0.5) is 0 Å².